The maximum atomic E-state index is 4.01. The average molecular weight is 624 g/mol. The van der Waals surface area contributed by atoms with Crippen LogP contribution >= 0.6 is 0 Å². The minimum atomic E-state index is 0.554. The van der Waals surface area contributed by atoms with Crippen LogP contribution in [-0.4, -0.2) is 64.8 Å². The van der Waals surface area contributed by atoms with Gasteiger partial charge < -0.3 is 4.98 Å². The van der Waals surface area contributed by atoms with E-state index in [1.54, 1.807) is 92.6 Å². The van der Waals surface area contributed by atoms with Crippen LogP contribution in [0, 0.1) is 0 Å². The maximum Gasteiger partial charge on any atom is 0.197 e. The second kappa shape index (κ2) is 29.1. The molecule has 0 aliphatic carbocycles. The number of aromatic nitrogens is 13. The van der Waals surface area contributed by atoms with E-state index in [0.717, 1.165) is 0 Å². The van der Waals surface area contributed by atoms with Crippen LogP contribution in [0.25, 0.3) is 11.6 Å². The molecule has 13 nitrogen and oxygen atoms in total. The van der Waals surface area contributed by atoms with Crippen LogP contribution < -0.4 is 0 Å². The first-order valence-corrected chi connectivity index (χ1v) is 13.9. The molecular weight excluding hydrogens is 590 g/mol. The molecule has 1 aromatic carbocycles. The van der Waals surface area contributed by atoms with Gasteiger partial charge in [-0.05, 0) is 42.5 Å². The standard InChI is InChI=1S/C8H6N4.C6H6.C5H5N.2C4H4N2.C4H5N.C3H3N3/c1-3-9-7(10-4-1)8-11-5-2-6-12-8;2*1-2-4-6-5-3-1;1-2-6-4-3-5-1;1-2-5-4-6-3-1;1-2-4-5-3-1;1-4-2-6-3-5-1/h1-6H;1-6H;1-5H;2*1-4H;1-5H;1-3H. The molecule has 0 aliphatic heterocycles. The molecule has 0 aliphatic rings. The number of benzene rings is 1. The summed E-state index contributed by atoms with van der Waals surface area (Å²) in [4.78, 5) is 48.2. The van der Waals surface area contributed by atoms with Crippen molar-refractivity contribution in [2.24, 2.45) is 0 Å². The molecule has 0 unspecified atom stereocenters. The number of hydrogen-bond donors (Lipinski definition) is 1. The molecule has 7 heterocycles. The molecule has 1 N–H and O–H groups in total. The summed E-state index contributed by atoms with van der Waals surface area (Å²) in [5.74, 6) is 1.11. The molecule has 47 heavy (non-hydrogen) atoms. The van der Waals surface area contributed by atoms with Crippen molar-refractivity contribution in [1.82, 2.24) is 64.8 Å². The van der Waals surface area contributed by atoms with Crippen molar-refractivity contribution in [3.63, 3.8) is 0 Å². The van der Waals surface area contributed by atoms with Gasteiger partial charge in [0.1, 0.15) is 25.3 Å². The first kappa shape index (κ1) is 36.2. The van der Waals surface area contributed by atoms with Gasteiger partial charge in [-0.25, -0.2) is 44.9 Å². The summed E-state index contributed by atoms with van der Waals surface area (Å²) in [7, 11) is 0. The summed E-state index contributed by atoms with van der Waals surface area (Å²) >= 11 is 0. The van der Waals surface area contributed by atoms with Gasteiger partial charge in [0.2, 0.25) is 0 Å². The first-order chi connectivity index (χ1) is 23.5. The molecule has 0 spiro atoms. The summed E-state index contributed by atoms with van der Waals surface area (Å²) in [5.41, 5.74) is 0. The molecule has 8 aromatic rings. The Hall–Kier alpha value is -7.02. The number of pyridine rings is 1. The zero-order valence-corrected chi connectivity index (χ0v) is 25.3. The van der Waals surface area contributed by atoms with Gasteiger partial charge in [-0.2, -0.15) is 0 Å². The Morgan fingerprint density at radius 1 is 0.255 bits per heavy atom. The predicted octanol–water partition coefficient (Wildman–Crippen LogP) is 5.54. The minimum absolute atomic E-state index is 0.554. The van der Waals surface area contributed by atoms with Gasteiger partial charge in [0.15, 0.2) is 11.6 Å². The number of aromatic amines is 1. The normalized spacial score (nSPS) is 8.43. The van der Waals surface area contributed by atoms with E-state index in [1.807, 2.05) is 79.1 Å². The SMILES string of the molecule is c1cc[nH]c1.c1ccccc1.c1ccncc1.c1cnc(-c2ncccn2)nc1.c1cnccn1.c1cncnc1.c1ncncn1. The molecule has 0 amide bonds. The van der Waals surface area contributed by atoms with Gasteiger partial charge in [-0.15, -0.1) is 0 Å². The van der Waals surface area contributed by atoms with Gasteiger partial charge in [0.25, 0.3) is 0 Å². The lowest BCUT2D eigenvalue weighted by atomic mass is 10.4. The van der Waals surface area contributed by atoms with E-state index in [1.165, 1.54) is 25.3 Å². The summed E-state index contributed by atoms with van der Waals surface area (Å²) in [6.07, 6.45) is 29.7. The van der Waals surface area contributed by atoms with Crippen molar-refractivity contribution in [2.45, 2.75) is 0 Å². The Morgan fingerprint density at radius 2 is 0.574 bits per heavy atom. The van der Waals surface area contributed by atoms with Gasteiger partial charge >= 0.3 is 0 Å². The Balaban J connectivity index is 0.000000196. The third kappa shape index (κ3) is 23.2. The Bertz CT molecular complexity index is 1270. The van der Waals surface area contributed by atoms with E-state index in [2.05, 4.69) is 64.8 Å². The molecule has 0 atom stereocenters. The zero-order valence-electron chi connectivity index (χ0n) is 25.3. The van der Waals surface area contributed by atoms with Gasteiger partial charge in [0.05, 0.1) is 0 Å². The monoisotopic (exact) mass is 623 g/mol. The van der Waals surface area contributed by atoms with Gasteiger partial charge in [-0.3, -0.25) is 15.0 Å². The highest BCUT2D eigenvalue weighted by Crippen LogP contribution is 2.03. The lowest BCUT2D eigenvalue weighted by Crippen LogP contribution is -1.91. The van der Waals surface area contributed by atoms with E-state index in [9.17, 15) is 0 Å². The van der Waals surface area contributed by atoms with E-state index in [-0.39, 0.29) is 0 Å². The van der Waals surface area contributed by atoms with Crippen molar-refractivity contribution in [2.75, 3.05) is 0 Å². The smallest absolute Gasteiger partial charge is 0.197 e. The molecule has 234 valence electrons. The Kier molecular flexibility index (Phi) is 22.4. The lowest BCUT2D eigenvalue weighted by Gasteiger charge is -1.93. The maximum absolute atomic E-state index is 4.01. The van der Waals surface area contributed by atoms with Crippen LogP contribution in [0.4, 0.5) is 0 Å². The zero-order chi connectivity index (χ0) is 33.0. The van der Waals surface area contributed by atoms with Crippen LogP contribution in [0.1, 0.15) is 0 Å². The number of H-pyrrole nitrogens is 1. The molecule has 0 radical (unpaired) electrons. The van der Waals surface area contributed by atoms with Crippen molar-refractivity contribution in [1.29, 1.82) is 0 Å². The van der Waals surface area contributed by atoms with Crippen LogP contribution in [0.15, 0.2) is 197 Å². The predicted molar refractivity (Wildman–Crippen MR) is 178 cm³/mol. The lowest BCUT2D eigenvalue weighted by molar-refractivity contribution is 1.05. The van der Waals surface area contributed by atoms with Crippen molar-refractivity contribution in [3.05, 3.63) is 197 Å². The van der Waals surface area contributed by atoms with E-state index >= 15 is 0 Å². The summed E-state index contributed by atoms with van der Waals surface area (Å²) < 4.78 is 0. The number of hydrogen-bond acceptors (Lipinski definition) is 12. The molecule has 0 saturated heterocycles. The molecular formula is C34H33N13. The fourth-order valence-corrected chi connectivity index (χ4v) is 2.52. The summed E-state index contributed by atoms with van der Waals surface area (Å²) in [6, 6.07) is 26.9. The molecule has 0 saturated carbocycles. The quantitative estimate of drug-likeness (QED) is 0.242. The first-order valence-electron chi connectivity index (χ1n) is 13.9. The van der Waals surface area contributed by atoms with E-state index < -0.39 is 0 Å². The Labute approximate surface area is 273 Å². The minimum Gasteiger partial charge on any atom is -0.368 e. The fraction of sp³-hybridized carbons (Fsp3) is 0. The van der Waals surface area contributed by atoms with Gasteiger partial charge in [-0.1, -0.05) is 42.5 Å². The molecule has 13 heteroatoms. The number of nitrogens with zero attached hydrogens (tertiary/aromatic N) is 12. The van der Waals surface area contributed by atoms with Crippen LogP contribution in [-0.2, 0) is 0 Å². The van der Waals surface area contributed by atoms with Crippen LogP contribution in [0.5, 0.6) is 0 Å². The largest absolute Gasteiger partial charge is 0.368 e. The average Bonchev–Trinajstić information content (AvgIpc) is 3.81. The van der Waals surface area contributed by atoms with Crippen LogP contribution in [0.3, 0.4) is 0 Å². The van der Waals surface area contributed by atoms with Crippen LogP contribution in [0.2, 0.25) is 0 Å². The summed E-state index contributed by atoms with van der Waals surface area (Å²) in [6.45, 7) is 0. The van der Waals surface area contributed by atoms with Crippen molar-refractivity contribution < 1.29 is 0 Å². The molecule has 8 rings (SSSR count). The summed E-state index contributed by atoms with van der Waals surface area (Å²) in [5, 5.41) is 0. The third-order valence-electron chi connectivity index (χ3n) is 4.42. The number of nitrogens with one attached hydrogen (secondary N) is 1. The van der Waals surface area contributed by atoms with Crippen molar-refractivity contribution >= 4 is 0 Å². The third-order valence-corrected chi connectivity index (χ3v) is 4.42. The van der Waals surface area contributed by atoms with Gasteiger partial charge in [0, 0.05) is 86.8 Å². The highest BCUT2D eigenvalue weighted by Gasteiger charge is 1.99. The second-order valence-electron chi connectivity index (χ2n) is 7.80. The molecule has 0 bridgehead atoms. The fourth-order valence-electron chi connectivity index (χ4n) is 2.52. The Morgan fingerprint density at radius 3 is 0.787 bits per heavy atom. The second-order valence-corrected chi connectivity index (χ2v) is 7.80. The van der Waals surface area contributed by atoms with Crippen molar-refractivity contribution in [3.8, 4) is 11.6 Å². The molecule has 0 fully saturated rings. The topological polar surface area (TPSA) is 170 Å². The van der Waals surface area contributed by atoms with E-state index in [0.29, 0.717) is 11.6 Å². The molecule has 7 aromatic heterocycles. The number of rotatable bonds is 1. The van der Waals surface area contributed by atoms with E-state index in [4.69, 9.17) is 0 Å². The highest BCUT2D eigenvalue weighted by atomic mass is 15.0. The highest BCUT2D eigenvalue weighted by molar-refractivity contribution is 5.40.